The minimum atomic E-state index is -2.26. The van der Waals surface area contributed by atoms with E-state index in [-0.39, 0.29) is 0 Å². The number of nitrogens with two attached hydrogens (primary N) is 1. The van der Waals surface area contributed by atoms with E-state index in [0.717, 1.165) is 0 Å². The fraction of sp³-hybridized carbons (Fsp3) is 0.400. The molecule has 0 fully saturated rings. The number of aliphatic imine (C=N–C) groups is 1. The lowest BCUT2D eigenvalue weighted by Crippen LogP contribution is -1.92. The van der Waals surface area contributed by atoms with Crippen molar-refractivity contribution >= 4 is 28.3 Å². The monoisotopic (exact) mass is 227 g/mol. The molecule has 0 amide bonds. The van der Waals surface area contributed by atoms with Gasteiger partial charge in [0, 0.05) is 26.6 Å². The van der Waals surface area contributed by atoms with Crippen LogP contribution in [0.25, 0.3) is 0 Å². The van der Waals surface area contributed by atoms with Gasteiger partial charge in [0.05, 0.1) is 0 Å². The number of halogens is 1. The third-order valence-corrected chi connectivity index (χ3v) is 1.80. The molecule has 2 nitrogen and oxygen atoms in total. The second kappa shape index (κ2) is 3.88. The Balaban J connectivity index is 4.48. The molecule has 0 saturated heterocycles. The molecule has 0 aromatic carbocycles. The Hall–Kier alpha value is -0.0600. The van der Waals surface area contributed by atoms with Crippen LogP contribution in [0.2, 0.25) is 0 Å². The van der Waals surface area contributed by atoms with Crippen LogP contribution in [0.1, 0.15) is 11.0 Å². The first kappa shape index (κ1) is 3.87. The van der Waals surface area contributed by atoms with Crippen molar-refractivity contribution < 1.29 is 4.11 Å². The van der Waals surface area contributed by atoms with Crippen molar-refractivity contribution in [3.63, 3.8) is 0 Å². The van der Waals surface area contributed by atoms with Gasteiger partial charge < -0.3 is 5.73 Å². The van der Waals surface area contributed by atoms with Gasteiger partial charge in [-0.05, 0) is 29.5 Å². The molecule has 0 aromatic rings. The van der Waals surface area contributed by atoms with Crippen LogP contribution in [0.4, 0.5) is 0 Å². The van der Waals surface area contributed by atoms with Crippen molar-refractivity contribution in [2.75, 3.05) is 6.98 Å². The van der Waals surface area contributed by atoms with E-state index in [9.17, 15) is 0 Å². The molecule has 0 heterocycles. The molecule has 0 atom stereocenters. The Morgan fingerprint density at radius 3 is 3.00 bits per heavy atom. The Bertz CT molecular complexity index is 194. The molecule has 0 aromatic heterocycles. The molecule has 46 valence electrons. The van der Waals surface area contributed by atoms with Crippen molar-refractivity contribution in [1.29, 1.82) is 0 Å². The maximum Gasteiger partial charge on any atom is 0.0492 e. The first-order valence-electron chi connectivity index (χ1n) is 3.51. The van der Waals surface area contributed by atoms with E-state index in [2.05, 4.69) is 4.99 Å². The Labute approximate surface area is 67.2 Å². The molecule has 0 saturated carbocycles. The average molecular weight is 227 g/mol. The summed E-state index contributed by atoms with van der Waals surface area (Å²) in [5.41, 5.74) is 5.60. The van der Waals surface area contributed by atoms with Gasteiger partial charge >= 0.3 is 0 Å². The third-order valence-electron chi connectivity index (χ3n) is 0.660. The van der Waals surface area contributed by atoms with E-state index >= 15 is 0 Å². The van der Waals surface area contributed by atoms with Gasteiger partial charge in [0.1, 0.15) is 0 Å². The van der Waals surface area contributed by atoms with Crippen LogP contribution in [0.15, 0.2) is 14.8 Å². The van der Waals surface area contributed by atoms with E-state index in [4.69, 9.17) is 9.85 Å². The van der Waals surface area contributed by atoms with Gasteiger partial charge in [0.15, 0.2) is 0 Å². The maximum atomic E-state index is 6.81. The lowest BCUT2D eigenvalue weighted by Gasteiger charge is -1.91. The molecule has 2 N–H and O–H groups in total. The summed E-state index contributed by atoms with van der Waals surface area (Å²) < 4.78 is 21.1. The van der Waals surface area contributed by atoms with Gasteiger partial charge in [-0.2, -0.15) is 0 Å². The Kier molecular flexibility index (Phi) is 1.88. The number of hydrogen-bond donors (Lipinski definition) is 1. The molecule has 0 aliphatic rings. The standard InChI is InChI=1S/C5H9IN2/c1-4(8-2)5(6)3-7/h3H,7H2,1-2H3/b5-3+,8-4?/i2D3. The summed E-state index contributed by atoms with van der Waals surface area (Å²) in [5, 5.41) is 0. The maximum absolute atomic E-state index is 6.81. The van der Waals surface area contributed by atoms with Gasteiger partial charge in [-0.15, -0.1) is 0 Å². The summed E-state index contributed by atoms with van der Waals surface area (Å²) in [4.78, 5) is 3.44. The zero-order valence-electron chi connectivity index (χ0n) is 7.48. The van der Waals surface area contributed by atoms with Crippen molar-refractivity contribution in [2.24, 2.45) is 10.7 Å². The summed E-state index contributed by atoms with van der Waals surface area (Å²) in [6.07, 6.45) is 1.32. The first-order chi connectivity index (χ1) is 4.87. The Morgan fingerprint density at radius 2 is 2.62 bits per heavy atom. The van der Waals surface area contributed by atoms with Crippen molar-refractivity contribution in [3.8, 4) is 0 Å². The van der Waals surface area contributed by atoms with E-state index in [1.54, 1.807) is 6.92 Å². The highest BCUT2D eigenvalue weighted by molar-refractivity contribution is 14.1. The van der Waals surface area contributed by atoms with Crippen LogP contribution in [0.3, 0.4) is 0 Å². The normalized spacial score (nSPS) is 21.5. The number of hydrogen-bond acceptors (Lipinski definition) is 2. The summed E-state index contributed by atoms with van der Waals surface area (Å²) in [5.74, 6) is 0. The van der Waals surface area contributed by atoms with E-state index < -0.39 is 6.98 Å². The lowest BCUT2D eigenvalue weighted by molar-refractivity contribution is 1.42. The second-order valence-electron chi connectivity index (χ2n) is 1.21. The highest BCUT2D eigenvalue weighted by Crippen LogP contribution is 2.04. The molecule has 0 radical (unpaired) electrons. The van der Waals surface area contributed by atoms with Crippen molar-refractivity contribution in [1.82, 2.24) is 0 Å². The van der Waals surface area contributed by atoms with Gasteiger partial charge in [0.25, 0.3) is 0 Å². The van der Waals surface area contributed by atoms with Gasteiger partial charge in [-0.25, -0.2) is 0 Å². The lowest BCUT2D eigenvalue weighted by atomic mass is 10.4. The summed E-state index contributed by atoms with van der Waals surface area (Å²) in [6.45, 7) is -0.652. The highest BCUT2D eigenvalue weighted by atomic mass is 127. The minimum Gasteiger partial charge on any atom is -0.404 e. The van der Waals surface area contributed by atoms with Crippen molar-refractivity contribution in [3.05, 3.63) is 9.78 Å². The van der Waals surface area contributed by atoms with E-state index in [0.29, 0.717) is 9.29 Å². The number of allylic oxidation sites excluding steroid dienone is 1. The fourth-order valence-corrected chi connectivity index (χ4v) is 0.295. The van der Waals surface area contributed by atoms with E-state index in [1.807, 2.05) is 22.6 Å². The minimum absolute atomic E-state index is 0.438. The molecule has 0 unspecified atom stereocenters. The number of rotatable bonds is 1. The topological polar surface area (TPSA) is 38.4 Å². The third kappa shape index (κ3) is 2.30. The van der Waals surface area contributed by atoms with Crippen LogP contribution in [0, 0.1) is 0 Å². The predicted octanol–water partition coefficient (Wildman–Crippen LogP) is 1.31. The first-order valence-corrected chi connectivity index (χ1v) is 3.09. The largest absolute Gasteiger partial charge is 0.404 e. The van der Waals surface area contributed by atoms with Gasteiger partial charge in [-0.3, -0.25) is 4.99 Å². The fourth-order valence-electron chi connectivity index (χ4n) is 0.174. The highest BCUT2D eigenvalue weighted by Gasteiger charge is 1.90. The second-order valence-corrected chi connectivity index (χ2v) is 2.37. The van der Waals surface area contributed by atoms with Crippen LogP contribution in [-0.4, -0.2) is 12.7 Å². The molecule has 0 aliphatic heterocycles. The zero-order valence-corrected chi connectivity index (χ0v) is 6.64. The molecule has 0 spiro atoms. The average Bonchev–Trinajstić information content (AvgIpc) is 1.82. The SMILES string of the molecule is [2H]C([2H])([2H])N=C(C)/C(I)=C\N. The van der Waals surface area contributed by atoms with Crippen LogP contribution in [-0.2, 0) is 0 Å². The van der Waals surface area contributed by atoms with E-state index in [1.165, 1.54) is 6.20 Å². The molecule has 8 heavy (non-hydrogen) atoms. The van der Waals surface area contributed by atoms with Crippen LogP contribution < -0.4 is 5.73 Å². The number of nitrogens with zero attached hydrogens (tertiary/aromatic N) is 1. The van der Waals surface area contributed by atoms with Crippen LogP contribution >= 0.6 is 22.6 Å². The molecular weight excluding hydrogens is 215 g/mol. The predicted molar refractivity (Wildman–Crippen MR) is 45.3 cm³/mol. The zero-order chi connectivity index (χ0) is 9.07. The summed E-state index contributed by atoms with van der Waals surface area (Å²) in [7, 11) is 0. The van der Waals surface area contributed by atoms with Gasteiger partial charge in [-0.1, -0.05) is 0 Å². The van der Waals surface area contributed by atoms with Crippen LogP contribution in [0.5, 0.6) is 0 Å². The molecular formula is C5H9IN2. The summed E-state index contributed by atoms with van der Waals surface area (Å²) >= 11 is 1.93. The molecule has 0 rings (SSSR count). The smallest absolute Gasteiger partial charge is 0.0492 e. The molecule has 0 bridgehead atoms. The molecule has 3 heteroatoms. The van der Waals surface area contributed by atoms with Gasteiger partial charge in [0.2, 0.25) is 0 Å². The molecule has 0 aliphatic carbocycles. The van der Waals surface area contributed by atoms with Crippen molar-refractivity contribution in [2.45, 2.75) is 6.92 Å². The summed E-state index contributed by atoms with van der Waals surface area (Å²) in [6, 6.07) is 0. The Morgan fingerprint density at radius 1 is 2.00 bits per heavy atom. The quantitative estimate of drug-likeness (QED) is 0.532.